The Morgan fingerprint density at radius 1 is 1.33 bits per heavy atom. The zero-order chi connectivity index (χ0) is 13.5. The van der Waals surface area contributed by atoms with E-state index in [2.05, 4.69) is 5.32 Å². The standard InChI is InChI=1S/C12H15NO5/c1-18-10-6-8(2-3-9(10)14)7-13-11(15)4-5-12(16)17/h2-3,6,14H,4-5,7H2,1H3,(H,13,15)(H,16,17). The van der Waals surface area contributed by atoms with Crippen LogP contribution in [-0.2, 0) is 16.1 Å². The molecule has 0 aliphatic rings. The first kappa shape index (κ1) is 13.8. The van der Waals surface area contributed by atoms with Crippen molar-refractivity contribution >= 4 is 11.9 Å². The summed E-state index contributed by atoms with van der Waals surface area (Å²) in [4.78, 5) is 21.6. The van der Waals surface area contributed by atoms with Crippen molar-refractivity contribution in [3.8, 4) is 11.5 Å². The van der Waals surface area contributed by atoms with Gasteiger partial charge in [-0.25, -0.2) is 0 Å². The Hall–Kier alpha value is -2.24. The maximum absolute atomic E-state index is 11.3. The number of aliphatic carboxylic acids is 1. The number of hydrogen-bond donors (Lipinski definition) is 3. The molecule has 0 spiro atoms. The van der Waals surface area contributed by atoms with E-state index in [0.717, 1.165) is 5.56 Å². The van der Waals surface area contributed by atoms with Crippen LogP contribution in [0.3, 0.4) is 0 Å². The fourth-order valence-electron chi connectivity index (χ4n) is 1.34. The third-order valence-corrected chi connectivity index (χ3v) is 2.30. The molecule has 0 atom stereocenters. The summed E-state index contributed by atoms with van der Waals surface area (Å²) < 4.78 is 4.93. The highest BCUT2D eigenvalue weighted by molar-refractivity contribution is 5.80. The minimum absolute atomic E-state index is 0.0263. The third kappa shape index (κ3) is 4.32. The molecule has 18 heavy (non-hydrogen) atoms. The predicted molar refractivity (Wildman–Crippen MR) is 63.4 cm³/mol. The zero-order valence-electron chi connectivity index (χ0n) is 9.97. The molecule has 3 N–H and O–H groups in total. The molecule has 0 aliphatic carbocycles. The summed E-state index contributed by atoms with van der Waals surface area (Å²) in [5.74, 6) is -0.980. The van der Waals surface area contributed by atoms with E-state index in [-0.39, 0.29) is 31.0 Å². The molecule has 1 amide bonds. The van der Waals surface area contributed by atoms with Gasteiger partial charge in [0, 0.05) is 13.0 Å². The monoisotopic (exact) mass is 253 g/mol. The van der Waals surface area contributed by atoms with Gasteiger partial charge in [-0.3, -0.25) is 9.59 Å². The zero-order valence-corrected chi connectivity index (χ0v) is 9.97. The van der Waals surface area contributed by atoms with Crippen LogP contribution in [0.5, 0.6) is 11.5 Å². The smallest absolute Gasteiger partial charge is 0.303 e. The highest BCUT2D eigenvalue weighted by Gasteiger charge is 2.06. The van der Waals surface area contributed by atoms with Crippen LogP contribution >= 0.6 is 0 Å². The van der Waals surface area contributed by atoms with Crippen molar-refractivity contribution < 1.29 is 24.5 Å². The SMILES string of the molecule is COc1cc(CNC(=O)CCC(=O)O)ccc1O. The van der Waals surface area contributed by atoms with E-state index in [1.54, 1.807) is 12.1 Å². The van der Waals surface area contributed by atoms with Crippen molar-refractivity contribution in [2.75, 3.05) is 7.11 Å². The van der Waals surface area contributed by atoms with E-state index in [9.17, 15) is 14.7 Å². The van der Waals surface area contributed by atoms with E-state index in [0.29, 0.717) is 5.75 Å². The second kappa shape index (κ2) is 6.48. The summed E-state index contributed by atoms with van der Waals surface area (Å²) in [5.41, 5.74) is 0.758. The van der Waals surface area contributed by atoms with Crippen molar-refractivity contribution in [1.29, 1.82) is 0 Å². The molecule has 0 bridgehead atoms. The lowest BCUT2D eigenvalue weighted by Crippen LogP contribution is -2.23. The van der Waals surface area contributed by atoms with E-state index in [1.807, 2.05) is 0 Å². The second-order valence-corrected chi connectivity index (χ2v) is 3.68. The molecule has 1 rings (SSSR count). The van der Waals surface area contributed by atoms with Crippen LogP contribution in [0.25, 0.3) is 0 Å². The molecule has 0 heterocycles. The Bertz CT molecular complexity index is 444. The van der Waals surface area contributed by atoms with E-state index >= 15 is 0 Å². The van der Waals surface area contributed by atoms with Gasteiger partial charge in [0.15, 0.2) is 11.5 Å². The first-order valence-corrected chi connectivity index (χ1v) is 5.37. The fourth-order valence-corrected chi connectivity index (χ4v) is 1.34. The van der Waals surface area contributed by atoms with Crippen LogP contribution in [0.4, 0.5) is 0 Å². The summed E-state index contributed by atoms with van der Waals surface area (Å²) in [7, 11) is 1.43. The molecule has 1 aromatic carbocycles. The number of amides is 1. The maximum Gasteiger partial charge on any atom is 0.303 e. The Morgan fingerprint density at radius 2 is 2.06 bits per heavy atom. The quantitative estimate of drug-likeness (QED) is 0.699. The lowest BCUT2D eigenvalue weighted by atomic mass is 10.2. The molecule has 1 aromatic rings. The minimum Gasteiger partial charge on any atom is -0.504 e. The Morgan fingerprint density at radius 3 is 2.67 bits per heavy atom. The highest BCUT2D eigenvalue weighted by Crippen LogP contribution is 2.26. The number of ether oxygens (including phenoxy) is 1. The summed E-state index contributed by atoms with van der Waals surface area (Å²) in [6.07, 6.45) is -0.241. The average molecular weight is 253 g/mol. The van der Waals surface area contributed by atoms with Crippen molar-refractivity contribution in [1.82, 2.24) is 5.32 Å². The van der Waals surface area contributed by atoms with Crippen LogP contribution in [0, 0.1) is 0 Å². The van der Waals surface area contributed by atoms with Crippen LogP contribution < -0.4 is 10.1 Å². The van der Waals surface area contributed by atoms with Gasteiger partial charge >= 0.3 is 5.97 Å². The number of phenolic OH excluding ortho intramolecular Hbond substituents is 1. The molecule has 0 aromatic heterocycles. The first-order chi connectivity index (χ1) is 8.52. The van der Waals surface area contributed by atoms with E-state index < -0.39 is 5.97 Å². The van der Waals surface area contributed by atoms with Gasteiger partial charge in [-0.1, -0.05) is 6.07 Å². The number of carbonyl (C=O) groups is 2. The normalized spacial score (nSPS) is 9.83. The van der Waals surface area contributed by atoms with Gasteiger partial charge < -0.3 is 20.3 Å². The molecule has 0 radical (unpaired) electrons. The van der Waals surface area contributed by atoms with Gasteiger partial charge in [-0.2, -0.15) is 0 Å². The number of nitrogens with one attached hydrogen (secondary N) is 1. The molecule has 6 heteroatoms. The number of rotatable bonds is 6. The lowest BCUT2D eigenvalue weighted by Gasteiger charge is -2.07. The lowest BCUT2D eigenvalue weighted by molar-refractivity contribution is -0.138. The second-order valence-electron chi connectivity index (χ2n) is 3.68. The number of hydrogen-bond acceptors (Lipinski definition) is 4. The maximum atomic E-state index is 11.3. The number of carboxylic acid groups (broad SMARTS) is 1. The minimum atomic E-state index is -1.00. The Kier molecular flexibility index (Phi) is 4.98. The number of aromatic hydroxyl groups is 1. The number of carbonyl (C=O) groups excluding carboxylic acids is 1. The summed E-state index contributed by atoms with van der Waals surface area (Å²) in [5, 5.41) is 20.4. The van der Waals surface area contributed by atoms with Gasteiger partial charge in [-0.15, -0.1) is 0 Å². The number of carboxylic acids is 1. The molecule has 0 unspecified atom stereocenters. The van der Waals surface area contributed by atoms with Crippen molar-refractivity contribution in [2.45, 2.75) is 19.4 Å². The van der Waals surface area contributed by atoms with Crippen LogP contribution in [0.1, 0.15) is 18.4 Å². The third-order valence-electron chi connectivity index (χ3n) is 2.30. The Labute approximate surface area is 104 Å². The molecule has 0 saturated heterocycles. The molecular weight excluding hydrogens is 238 g/mol. The van der Waals surface area contributed by atoms with Crippen molar-refractivity contribution in [3.63, 3.8) is 0 Å². The Balaban J connectivity index is 2.48. The molecular formula is C12H15NO5. The van der Waals surface area contributed by atoms with Crippen molar-refractivity contribution in [3.05, 3.63) is 23.8 Å². The number of methoxy groups -OCH3 is 1. The molecule has 0 aliphatic heterocycles. The van der Waals surface area contributed by atoms with Crippen LogP contribution in [-0.4, -0.2) is 29.2 Å². The van der Waals surface area contributed by atoms with E-state index in [4.69, 9.17) is 9.84 Å². The van der Waals surface area contributed by atoms with Crippen LogP contribution in [0.15, 0.2) is 18.2 Å². The van der Waals surface area contributed by atoms with Gasteiger partial charge in [0.1, 0.15) is 0 Å². The van der Waals surface area contributed by atoms with Gasteiger partial charge in [0.2, 0.25) is 5.91 Å². The molecule has 98 valence electrons. The molecule has 6 nitrogen and oxygen atoms in total. The topological polar surface area (TPSA) is 95.9 Å². The highest BCUT2D eigenvalue weighted by atomic mass is 16.5. The fraction of sp³-hybridized carbons (Fsp3) is 0.333. The average Bonchev–Trinajstić information content (AvgIpc) is 2.35. The molecule has 0 saturated carbocycles. The van der Waals surface area contributed by atoms with Crippen LogP contribution in [0.2, 0.25) is 0 Å². The largest absolute Gasteiger partial charge is 0.504 e. The summed E-state index contributed by atoms with van der Waals surface area (Å²) in [6, 6.07) is 4.72. The first-order valence-electron chi connectivity index (χ1n) is 5.37. The van der Waals surface area contributed by atoms with Gasteiger partial charge in [-0.05, 0) is 17.7 Å². The molecule has 0 fully saturated rings. The summed E-state index contributed by atoms with van der Waals surface area (Å²) in [6.45, 7) is 0.259. The number of phenols is 1. The predicted octanol–water partition coefficient (Wildman–Crippen LogP) is 0.882. The van der Waals surface area contributed by atoms with Gasteiger partial charge in [0.25, 0.3) is 0 Å². The summed E-state index contributed by atoms with van der Waals surface area (Å²) >= 11 is 0. The number of benzene rings is 1. The van der Waals surface area contributed by atoms with Crippen molar-refractivity contribution in [2.24, 2.45) is 0 Å². The van der Waals surface area contributed by atoms with E-state index in [1.165, 1.54) is 13.2 Å². The van der Waals surface area contributed by atoms with Gasteiger partial charge in [0.05, 0.1) is 13.5 Å².